The SMILES string of the molecule is CCCCCCCCC(CCCCCCCC)OC(=O)CCCCCCCN(CCCCCCCC=O)CCCSNC1CC1. The molecule has 0 unspecified atom stereocenters. The molecule has 6 heteroatoms. The molecule has 0 saturated heterocycles. The van der Waals surface area contributed by atoms with Crippen LogP contribution in [0.5, 0.6) is 0 Å². The highest BCUT2D eigenvalue weighted by Crippen LogP contribution is 2.22. The van der Waals surface area contributed by atoms with Gasteiger partial charge in [0.25, 0.3) is 0 Å². The molecule has 0 bridgehead atoms. The average Bonchev–Trinajstić information content (AvgIpc) is 3.87. The van der Waals surface area contributed by atoms with Gasteiger partial charge in [-0.1, -0.05) is 129 Å². The summed E-state index contributed by atoms with van der Waals surface area (Å²) < 4.78 is 9.62. The number of nitrogens with one attached hydrogen (secondary N) is 1. The smallest absolute Gasteiger partial charge is 0.306 e. The average molecular weight is 653 g/mol. The van der Waals surface area contributed by atoms with E-state index in [9.17, 15) is 9.59 Å². The first-order valence-electron chi connectivity index (χ1n) is 19.9. The summed E-state index contributed by atoms with van der Waals surface area (Å²) in [7, 11) is 0. The number of hydrogen-bond acceptors (Lipinski definition) is 6. The number of unbranched alkanes of at least 4 members (excludes halogenated alkanes) is 19. The van der Waals surface area contributed by atoms with Crippen molar-refractivity contribution in [2.45, 2.75) is 212 Å². The third-order valence-corrected chi connectivity index (χ3v) is 10.2. The fraction of sp³-hybridized carbons (Fsp3) is 0.949. The number of carbonyl (C=O) groups is 2. The molecule has 266 valence electrons. The quantitative estimate of drug-likeness (QED) is 0.0312. The zero-order valence-electron chi connectivity index (χ0n) is 30.1. The highest BCUT2D eigenvalue weighted by Gasteiger charge is 2.20. The van der Waals surface area contributed by atoms with Crippen LogP contribution in [0.25, 0.3) is 0 Å². The Hall–Kier alpha value is -0.590. The molecule has 1 fully saturated rings. The van der Waals surface area contributed by atoms with Gasteiger partial charge in [0.1, 0.15) is 12.4 Å². The van der Waals surface area contributed by atoms with E-state index in [0.717, 1.165) is 50.9 Å². The lowest BCUT2D eigenvalue weighted by atomic mass is 10.0. The highest BCUT2D eigenvalue weighted by molar-refractivity contribution is 7.97. The van der Waals surface area contributed by atoms with Crippen LogP contribution >= 0.6 is 11.9 Å². The molecular weight excluding hydrogens is 577 g/mol. The predicted molar refractivity (Wildman–Crippen MR) is 197 cm³/mol. The van der Waals surface area contributed by atoms with E-state index in [-0.39, 0.29) is 12.1 Å². The van der Waals surface area contributed by atoms with Gasteiger partial charge in [0.05, 0.1) is 0 Å². The van der Waals surface area contributed by atoms with Crippen LogP contribution in [0.3, 0.4) is 0 Å². The van der Waals surface area contributed by atoms with Gasteiger partial charge in [0, 0.05) is 24.6 Å². The van der Waals surface area contributed by atoms with Crippen molar-refractivity contribution in [1.29, 1.82) is 0 Å². The summed E-state index contributed by atoms with van der Waals surface area (Å²) in [5.41, 5.74) is 0. The summed E-state index contributed by atoms with van der Waals surface area (Å²) in [5.74, 6) is 1.25. The van der Waals surface area contributed by atoms with Gasteiger partial charge in [0.15, 0.2) is 0 Å². The Morgan fingerprint density at radius 3 is 1.73 bits per heavy atom. The Morgan fingerprint density at radius 1 is 0.689 bits per heavy atom. The topological polar surface area (TPSA) is 58.6 Å². The minimum Gasteiger partial charge on any atom is -0.462 e. The highest BCUT2D eigenvalue weighted by atomic mass is 32.2. The standard InChI is InChI=1S/C39H76N2O3S/c1-3-5-7-9-14-20-27-38(28-21-15-10-8-6-4-2)44-39(43)29-22-16-13-18-24-33-41(32-23-17-11-12-19-25-35-42)34-26-36-45-40-37-30-31-37/h35,37-38,40H,3-34,36H2,1-2H3. The van der Waals surface area contributed by atoms with Gasteiger partial charge in [-0.3, -0.25) is 9.52 Å². The van der Waals surface area contributed by atoms with E-state index < -0.39 is 0 Å². The lowest BCUT2D eigenvalue weighted by Gasteiger charge is -2.22. The number of nitrogens with zero attached hydrogens (tertiary/aromatic N) is 1. The molecule has 0 aromatic carbocycles. The molecule has 1 N–H and O–H groups in total. The monoisotopic (exact) mass is 653 g/mol. The van der Waals surface area contributed by atoms with E-state index in [1.807, 2.05) is 11.9 Å². The van der Waals surface area contributed by atoms with Crippen molar-refractivity contribution >= 4 is 24.2 Å². The van der Waals surface area contributed by atoms with Crippen molar-refractivity contribution < 1.29 is 14.3 Å². The van der Waals surface area contributed by atoms with Crippen molar-refractivity contribution in [3.05, 3.63) is 0 Å². The van der Waals surface area contributed by atoms with E-state index in [1.165, 1.54) is 167 Å². The first-order valence-corrected chi connectivity index (χ1v) is 20.9. The molecule has 1 aliphatic rings. The minimum atomic E-state index is 0.0448. The number of ether oxygens (including phenoxy) is 1. The van der Waals surface area contributed by atoms with Crippen LogP contribution in [0, 0.1) is 0 Å². The summed E-state index contributed by atoms with van der Waals surface area (Å²) in [6.07, 6.45) is 36.0. The van der Waals surface area contributed by atoms with E-state index >= 15 is 0 Å². The number of rotatable bonds is 37. The minimum absolute atomic E-state index is 0.0448. The normalized spacial score (nSPS) is 13.2. The van der Waals surface area contributed by atoms with E-state index in [0.29, 0.717) is 6.42 Å². The molecule has 0 spiro atoms. The summed E-state index contributed by atoms with van der Waals surface area (Å²) >= 11 is 1.92. The van der Waals surface area contributed by atoms with Crippen LogP contribution in [-0.4, -0.2) is 54.7 Å². The molecule has 0 atom stereocenters. The summed E-state index contributed by atoms with van der Waals surface area (Å²) in [6.45, 7) is 8.15. The fourth-order valence-electron chi connectivity index (χ4n) is 6.11. The number of aldehydes is 1. The van der Waals surface area contributed by atoms with Crippen molar-refractivity contribution in [2.75, 3.05) is 25.4 Å². The Morgan fingerprint density at radius 2 is 1.18 bits per heavy atom. The maximum atomic E-state index is 12.7. The van der Waals surface area contributed by atoms with Crippen molar-refractivity contribution in [2.24, 2.45) is 0 Å². The van der Waals surface area contributed by atoms with Gasteiger partial charge < -0.3 is 14.4 Å². The van der Waals surface area contributed by atoms with Gasteiger partial charge in [-0.25, -0.2) is 0 Å². The van der Waals surface area contributed by atoms with Crippen molar-refractivity contribution in [3.63, 3.8) is 0 Å². The van der Waals surface area contributed by atoms with Crippen LogP contribution < -0.4 is 4.72 Å². The van der Waals surface area contributed by atoms with Gasteiger partial charge >= 0.3 is 5.97 Å². The van der Waals surface area contributed by atoms with Crippen LogP contribution in [0.2, 0.25) is 0 Å². The Kier molecular flexibility index (Phi) is 31.4. The number of hydrogen-bond donors (Lipinski definition) is 1. The fourth-order valence-corrected chi connectivity index (χ4v) is 6.98. The summed E-state index contributed by atoms with van der Waals surface area (Å²) in [4.78, 5) is 25.9. The van der Waals surface area contributed by atoms with Gasteiger partial charge in [-0.15, -0.1) is 0 Å². The molecule has 1 saturated carbocycles. The second-order valence-corrected chi connectivity index (χ2v) is 14.8. The molecular formula is C39H76N2O3S. The first-order chi connectivity index (χ1) is 22.2. The lowest BCUT2D eigenvalue weighted by Crippen LogP contribution is -2.28. The molecule has 0 amide bonds. The van der Waals surface area contributed by atoms with Crippen molar-refractivity contribution in [1.82, 2.24) is 9.62 Å². The second-order valence-electron chi connectivity index (χ2n) is 13.9. The number of esters is 1. The molecule has 45 heavy (non-hydrogen) atoms. The Bertz CT molecular complexity index is 630. The molecule has 0 heterocycles. The van der Waals surface area contributed by atoms with Gasteiger partial charge in [-0.05, 0) is 90.3 Å². The zero-order valence-corrected chi connectivity index (χ0v) is 31.0. The molecule has 0 aromatic rings. The second kappa shape index (κ2) is 33.3. The van der Waals surface area contributed by atoms with Crippen LogP contribution in [0.15, 0.2) is 0 Å². The summed E-state index contributed by atoms with van der Waals surface area (Å²) in [5, 5.41) is 0. The zero-order chi connectivity index (χ0) is 32.5. The maximum Gasteiger partial charge on any atom is 0.306 e. The maximum absolute atomic E-state index is 12.7. The Balaban J connectivity index is 2.22. The third-order valence-electron chi connectivity index (χ3n) is 9.26. The largest absolute Gasteiger partial charge is 0.462 e. The Labute approximate surface area is 285 Å². The number of carbonyl (C=O) groups excluding carboxylic acids is 2. The van der Waals surface area contributed by atoms with Gasteiger partial charge in [-0.2, -0.15) is 0 Å². The first kappa shape index (κ1) is 42.4. The lowest BCUT2D eigenvalue weighted by molar-refractivity contribution is -0.150. The molecule has 0 aromatic heterocycles. The molecule has 1 rings (SSSR count). The third kappa shape index (κ3) is 30.5. The van der Waals surface area contributed by atoms with Crippen LogP contribution in [0.1, 0.15) is 200 Å². The van der Waals surface area contributed by atoms with Gasteiger partial charge in [0.2, 0.25) is 0 Å². The van der Waals surface area contributed by atoms with Crippen LogP contribution in [-0.2, 0) is 14.3 Å². The molecule has 0 radical (unpaired) electrons. The van der Waals surface area contributed by atoms with Crippen molar-refractivity contribution in [3.8, 4) is 0 Å². The van der Waals surface area contributed by atoms with E-state index in [2.05, 4.69) is 23.5 Å². The van der Waals surface area contributed by atoms with E-state index in [4.69, 9.17) is 4.74 Å². The van der Waals surface area contributed by atoms with E-state index in [1.54, 1.807) is 0 Å². The molecule has 0 aliphatic heterocycles. The predicted octanol–water partition coefficient (Wildman–Crippen LogP) is 11.4. The molecule has 5 nitrogen and oxygen atoms in total. The summed E-state index contributed by atoms with van der Waals surface area (Å²) in [6, 6.07) is 0.781. The molecule has 1 aliphatic carbocycles. The van der Waals surface area contributed by atoms with Crippen LogP contribution in [0.4, 0.5) is 0 Å².